The van der Waals surface area contributed by atoms with Gasteiger partial charge in [-0.05, 0) is 49.9 Å². The summed E-state index contributed by atoms with van der Waals surface area (Å²) >= 11 is 0. The van der Waals surface area contributed by atoms with Crippen LogP contribution in [0.5, 0.6) is 5.75 Å². The molecule has 112 valence electrons. The maximum Gasteiger partial charge on any atom is 0.124 e. The average molecular weight is 283 g/mol. The Morgan fingerprint density at radius 3 is 2.57 bits per heavy atom. The van der Waals surface area contributed by atoms with Gasteiger partial charge in [-0.25, -0.2) is 0 Å². The summed E-state index contributed by atoms with van der Waals surface area (Å²) in [7, 11) is 1.73. The van der Waals surface area contributed by atoms with Crippen molar-refractivity contribution >= 4 is 5.69 Å². The SMILES string of the molecule is CCc1cccc(C)c1NC(C)c1ccc(C)cc1OC. The Morgan fingerprint density at radius 2 is 1.90 bits per heavy atom. The van der Waals surface area contributed by atoms with Crippen molar-refractivity contribution in [3.05, 3.63) is 58.7 Å². The van der Waals surface area contributed by atoms with E-state index in [9.17, 15) is 0 Å². The van der Waals surface area contributed by atoms with E-state index in [4.69, 9.17) is 4.74 Å². The summed E-state index contributed by atoms with van der Waals surface area (Å²) in [6.07, 6.45) is 1.03. The minimum atomic E-state index is 0.201. The highest BCUT2D eigenvalue weighted by Crippen LogP contribution is 2.31. The Bertz CT molecular complexity index is 619. The third-order valence-corrected chi connectivity index (χ3v) is 3.96. The van der Waals surface area contributed by atoms with Gasteiger partial charge in [0.15, 0.2) is 0 Å². The fraction of sp³-hybridized carbons (Fsp3) is 0.368. The van der Waals surface area contributed by atoms with Gasteiger partial charge in [0, 0.05) is 11.3 Å². The number of ether oxygens (including phenoxy) is 1. The van der Waals surface area contributed by atoms with Gasteiger partial charge in [0.1, 0.15) is 5.75 Å². The Morgan fingerprint density at radius 1 is 1.14 bits per heavy atom. The van der Waals surface area contributed by atoms with Crippen LogP contribution in [0, 0.1) is 13.8 Å². The molecule has 2 rings (SSSR count). The summed E-state index contributed by atoms with van der Waals surface area (Å²) in [6.45, 7) is 8.61. The number of hydrogen-bond donors (Lipinski definition) is 1. The molecule has 0 fully saturated rings. The average Bonchev–Trinajstić information content (AvgIpc) is 2.48. The molecular formula is C19H25NO. The van der Waals surface area contributed by atoms with Gasteiger partial charge in [-0.1, -0.05) is 37.3 Å². The first-order chi connectivity index (χ1) is 10.1. The standard InChI is InChI=1S/C19H25NO/c1-6-16-9-7-8-14(3)19(16)20-15(4)17-11-10-13(2)12-18(17)21-5/h7-12,15,20H,6H2,1-5H3. The van der Waals surface area contributed by atoms with E-state index < -0.39 is 0 Å². The van der Waals surface area contributed by atoms with Gasteiger partial charge in [-0.15, -0.1) is 0 Å². The molecule has 0 saturated heterocycles. The summed E-state index contributed by atoms with van der Waals surface area (Å²) in [4.78, 5) is 0. The maximum absolute atomic E-state index is 5.53. The summed E-state index contributed by atoms with van der Waals surface area (Å²) < 4.78 is 5.53. The summed E-state index contributed by atoms with van der Waals surface area (Å²) in [6, 6.07) is 13.0. The second-order valence-corrected chi connectivity index (χ2v) is 5.57. The first kappa shape index (κ1) is 15.4. The van der Waals surface area contributed by atoms with Crippen LogP contribution >= 0.6 is 0 Å². The first-order valence-electron chi connectivity index (χ1n) is 7.56. The molecule has 0 amide bonds. The van der Waals surface area contributed by atoms with Crippen LogP contribution in [-0.2, 0) is 6.42 Å². The molecule has 21 heavy (non-hydrogen) atoms. The smallest absolute Gasteiger partial charge is 0.124 e. The summed E-state index contributed by atoms with van der Waals surface area (Å²) in [5, 5.41) is 3.66. The van der Waals surface area contributed by atoms with Crippen molar-refractivity contribution in [1.82, 2.24) is 0 Å². The van der Waals surface area contributed by atoms with Crippen molar-refractivity contribution in [3.63, 3.8) is 0 Å². The van der Waals surface area contributed by atoms with Crippen LogP contribution < -0.4 is 10.1 Å². The van der Waals surface area contributed by atoms with Crippen molar-refractivity contribution < 1.29 is 4.74 Å². The molecule has 2 heteroatoms. The predicted octanol–water partition coefficient (Wildman–Crippen LogP) is 5.05. The molecule has 1 atom stereocenters. The molecule has 0 aliphatic carbocycles. The lowest BCUT2D eigenvalue weighted by molar-refractivity contribution is 0.407. The number of anilines is 1. The molecule has 0 aliphatic heterocycles. The highest BCUT2D eigenvalue weighted by molar-refractivity contribution is 5.59. The zero-order chi connectivity index (χ0) is 15.4. The van der Waals surface area contributed by atoms with E-state index in [-0.39, 0.29) is 6.04 Å². The van der Waals surface area contributed by atoms with E-state index in [0.29, 0.717) is 0 Å². The van der Waals surface area contributed by atoms with Gasteiger partial charge in [0.2, 0.25) is 0 Å². The zero-order valence-electron chi connectivity index (χ0n) is 13.7. The fourth-order valence-electron chi connectivity index (χ4n) is 2.70. The van der Waals surface area contributed by atoms with Crippen LogP contribution in [0.4, 0.5) is 5.69 Å². The Hall–Kier alpha value is -1.96. The van der Waals surface area contributed by atoms with E-state index >= 15 is 0 Å². The van der Waals surface area contributed by atoms with E-state index in [2.05, 4.69) is 69.4 Å². The highest BCUT2D eigenvalue weighted by atomic mass is 16.5. The molecule has 2 nitrogen and oxygen atoms in total. The third-order valence-electron chi connectivity index (χ3n) is 3.96. The van der Waals surface area contributed by atoms with E-state index in [1.165, 1.54) is 27.9 Å². The maximum atomic E-state index is 5.53. The lowest BCUT2D eigenvalue weighted by atomic mass is 10.0. The molecular weight excluding hydrogens is 258 g/mol. The van der Waals surface area contributed by atoms with Crippen molar-refractivity contribution in [2.45, 2.75) is 40.2 Å². The number of methoxy groups -OCH3 is 1. The number of aryl methyl sites for hydroxylation is 3. The Kier molecular flexibility index (Phi) is 4.89. The lowest BCUT2D eigenvalue weighted by Gasteiger charge is -2.22. The van der Waals surface area contributed by atoms with Crippen molar-refractivity contribution in [1.29, 1.82) is 0 Å². The Balaban J connectivity index is 2.32. The molecule has 0 heterocycles. The topological polar surface area (TPSA) is 21.3 Å². The van der Waals surface area contributed by atoms with Gasteiger partial charge in [0.05, 0.1) is 13.2 Å². The van der Waals surface area contributed by atoms with Crippen LogP contribution in [0.25, 0.3) is 0 Å². The largest absolute Gasteiger partial charge is 0.496 e. The monoisotopic (exact) mass is 283 g/mol. The number of nitrogens with one attached hydrogen (secondary N) is 1. The van der Waals surface area contributed by atoms with E-state index in [1.54, 1.807) is 7.11 Å². The molecule has 1 unspecified atom stereocenters. The van der Waals surface area contributed by atoms with Crippen LogP contribution in [0.1, 0.15) is 42.1 Å². The quantitative estimate of drug-likeness (QED) is 0.829. The number of benzene rings is 2. The highest BCUT2D eigenvalue weighted by Gasteiger charge is 2.14. The first-order valence-corrected chi connectivity index (χ1v) is 7.56. The lowest BCUT2D eigenvalue weighted by Crippen LogP contribution is -2.11. The molecule has 0 bridgehead atoms. The van der Waals surface area contributed by atoms with Gasteiger partial charge in [-0.2, -0.15) is 0 Å². The minimum absolute atomic E-state index is 0.201. The molecule has 0 saturated carbocycles. The van der Waals surface area contributed by atoms with E-state index in [1.807, 2.05) is 0 Å². The van der Waals surface area contributed by atoms with Crippen LogP contribution in [0.2, 0.25) is 0 Å². The fourth-order valence-corrected chi connectivity index (χ4v) is 2.70. The normalized spacial score (nSPS) is 12.0. The van der Waals surface area contributed by atoms with Gasteiger partial charge >= 0.3 is 0 Å². The van der Waals surface area contributed by atoms with Crippen molar-refractivity contribution in [2.24, 2.45) is 0 Å². The number of para-hydroxylation sites is 1. The molecule has 2 aromatic rings. The minimum Gasteiger partial charge on any atom is -0.496 e. The second kappa shape index (κ2) is 6.66. The molecule has 0 aliphatic rings. The van der Waals surface area contributed by atoms with Crippen molar-refractivity contribution in [3.8, 4) is 5.75 Å². The molecule has 0 spiro atoms. The van der Waals surface area contributed by atoms with Gasteiger partial charge in [0.25, 0.3) is 0 Å². The van der Waals surface area contributed by atoms with E-state index in [0.717, 1.165) is 12.2 Å². The number of hydrogen-bond acceptors (Lipinski definition) is 2. The second-order valence-electron chi connectivity index (χ2n) is 5.57. The summed E-state index contributed by atoms with van der Waals surface area (Å²) in [5.74, 6) is 0.946. The third kappa shape index (κ3) is 3.38. The molecule has 0 radical (unpaired) electrons. The zero-order valence-corrected chi connectivity index (χ0v) is 13.7. The molecule has 1 N–H and O–H groups in total. The number of rotatable bonds is 5. The molecule has 2 aromatic carbocycles. The van der Waals surface area contributed by atoms with Gasteiger partial charge in [-0.3, -0.25) is 0 Å². The molecule has 0 aromatic heterocycles. The van der Waals surface area contributed by atoms with Gasteiger partial charge < -0.3 is 10.1 Å². The van der Waals surface area contributed by atoms with Crippen LogP contribution in [0.3, 0.4) is 0 Å². The van der Waals surface area contributed by atoms with Crippen LogP contribution in [0.15, 0.2) is 36.4 Å². The van der Waals surface area contributed by atoms with Crippen LogP contribution in [-0.4, -0.2) is 7.11 Å². The predicted molar refractivity (Wildman–Crippen MR) is 90.3 cm³/mol. The summed E-state index contributed by atoms with van der Waals surface area (Å²) in [5.41, 5.74) is 6.29. The Labute approximate surface area is 128 Å². The van der Waals surface area contributed by atoms with Crippen molar-refractivity contribution in [2.75, 3.05) is 12.4 Å².